The average Bonchev–Trinajstić information content (AvgIpc) is 2.50. The second kappa shape index (κ2) is 10.2. The van der Waals surface area contributed by atoms with Crippen LogP contribution in [0.25, 0.3) is 0 Å². The molecule has 24 heavy (non-hydrogen) atoms. The van der Waals surface area contributed by atoms with Crippen LogP contribution in [0.15, 0.2) is 35.2 Å². The number of rotatable bonds is 8. The molecule has 6 heteroatoms. The van der Waals surface area contributed by atoms with Crippen LogP contribution in [0.2, 0.25) is 0 Å². The van der Waals surface area contributed by atoms with Crippen molar-refractivity contribution in [3.05, 3.63) is 30.3 Å². The number of hydrogen-bond acceptors (Lipinski definition) is 4. The summed E-state index contributed by atoms with van der Waals surface area (Å²) in [5.41, 5.74) is 0. The lowest BCUT2D eigenvalue weighted by Crippen LogP contribution is -2.52. The molecule has 0 saturated heterocycles. The Bertz CT molecular complexity index is 520. The fraction of sp³-hybridized carbons (Fsp3) is 0.556. The molecule has 0 spiro atoms. The number of hydrogen-bond donors (Lipinski definition) is 2. The van der Waals surface area contributed by atoms with E-state index in [2.05, 4.69) is 10.6 Å². The molecule has 2 unspecified atom stereocenters. The molecule has 0 saturated carbocycles. The van der Waals surface area contributed by atoms with E-state index in [0.29, 0.717) is 0 Å². The van der Waals surface area contributed by atoms with E-state index >= 15 is 0 Å². The number of carbonyl (C=O) groups is 2. The van der Waals surface area contributed by atoms with Crippen LogP contribution in [0, 0.1) is 5.92 Å². The molecule has 2 atom stereocenters. The van der Waals surface area contributed by atoms with Gasteiger partial charge in [0.15, 0.2) is 0 Å². The number of benzene rings is 1. The first-order chi connectivity index (χ1) is 11.3. The summed E-state index contributed by atoms with van der Waals surface area (Å²) >= 11 is 1.69. The van der Waals surface area contributed by atoms with Crippen molar-refractivity contribution in [1.29, 1.82) is 0 Å². The van der Waals surface area contributed by atoms with Gasteiger partial charge in [-0.15, -0.1) is 11.8 Å². The summed E-state index contributed by atoms with van der Waals surface area (Å²) < 4.78 is 5.06. The molecular weight excluding hydrogens is 324 g/mol. The quantitative estimate of drug-likeness (QED) is 0.703. The SMILES string of the molecule is CC(CSc1ccccc1)NC(=O)C(NC(=O)OC(C)C)C(C)C. The molecule has 2 amide bonds. The first-order valence-corrected chi connectivity index (χ1v) is 9.23. The summed E-state index contributed by atoms with van der Waals surface area (Å²) in [6.45, 7) is 9.28. The summed E-state index contributed by atoms with van der Waals surface area (Å²) in [7, 11) is 0. The summed E-state index contributed by atoms with van der Waals surface area (Å²) in [6, 6.07) is 9.42. The van der Waals surface area contributed by atoms with E-state index in [9.17, 15) is 9.59 Å². The van der Waals surface area contributed by atoms with E-state index in [1.54, 1.807) is 25.6 Å². The van der Waals surface area contributed by atoms with Crippen LogP contribution in [0.3, 0.4) is 0 Å². The van der Waals surface area contributed by atoms with Gasteiger partial charge in [0, 0.05) is 16.7 Å². The molecule has 0 aromatic heterocycles. The maximum absolute atomic E-state index is 12.4. The van der Waals surface area contributed by atoms with E-state index in [1.165, 1.54) is 0 Å². The maximum Gasteiger partial charge on any atom is 0.408 e. The Labute approximate surface area is 148 Å². The van der Waals surface area contributed by atoms with Gasteiger partial charge in [0.25, 0.3) is 0 Å². The van der Waals surface area contributed by atoms with Crippen molar-refractivity contribution < 1.29 is 14.3 Å². The Hall–Kier alpha value is -1.69. The lowest BCUT2D eigenvalue weighted by Gasteiger charge is -2.24. The summed E-state index contributed by atoms with van der Waals surface area (Å²) in [5, 5.41) is 5.61. The summed E-state index contributed by atoms with van der Waals surface area (Å²) in [5.74, 6) is 0.544. The molecule has 2 N–H and O–H groups in total. The lowest BCUT2D eigenvalue weighted by atomic mass is 10.0. The molecule has 0 aliphatic heterocycles. The highest BCUT2D eigenvalue weighted by Crippen LogP contribution is 2.17. The smallest absolute Gasteiger partial charge is 0.408 e. The second-order valence-electron chi connectivity index (χ2n) is 6.35. The van der Waals surface area contributed by atoms with Crippen molar-refractivity contribution in [2.24, 2.45) is 5.92 Å². The van der Waals surface area contributed by atoms with Crippen molar-refractivity contribution in [3.8, 4) is 0 Å². The van der Waals surface area contributed by atoms with Crippen LogP contribution in [0.4, 0.5) is 4.79 Å². The number of amides is 2. The zero-order valence-corrected chi connectivity index (χ0v) is 15.9. The van der Waals surface area contributed by atoms with Gasteiger partial charge in [-0.25, -0.2) is 4.79 Å². The minimum atomic E-state index is -0.611. The van der Waals surface area contributed by atoms with Crippen LogP contribution in [0.5, 0.6) is 0 Å². The predicted octanol–water partition coefficient (Wildman–Crippen LogP) is 3.44. The van der Waals surface area contributed by atoms with Crippen LogP contribution >= 0.6 is 11.8 Å². The molecular formula is C18H28N2O3S. The molecule has 0 aliphatic rings. The van der Waals surface area contributed by atoms with E-state index in [0.717, 1.165) is 10.6 Å². The van der Waals surface area contributed by atoms with Gasteiger partial charge in [0.2, 0.25) is 5.91 Å². The zero-order chi connectivity index (χ0) is 18.1. The number of thioether (sulfide) groups is 1. The van der Waals surface area contributed by atoms with Gasteiger partial charge in [0.05, 0.1) is 6.10 Å². The molecule has 0 aliphatic carbocycles. The molecule has 1 aromatic rings. The summed E-state index contributed by atoms with van der Waals surface area (Å²) in [6.07, 6.45) is -0.785. The molecule has 134 valence electrons. The maximum atomic E-state index is 12.4. The van der Waals surface area contributed by atoms with Crippen LogP contribution in [-0.4, -0.2) is 35.9 Å². The van der Waals surface area contributed by atoms with Crippen LogP contribution < -0.4 is 10.6 Å². The highest BCUT2D eigenvalue weighted by Gasteiger charge is 2.26. The van der Waals surface area contributed by atoms with E-state index in [1.807, 2.05) is 51.1 Å². The van der Waals surface area contributed by atoms with Gasteiger partial charge in [-0.1, -0.05) is 32.0 Å². The van der Waals surface area contributed by atoms with Crippen molar-refractivity contribution in [3.63, 3.8) is 0 Å². The molecule has 1 aromatic carbocycles. The van der Waals surface area contributed by atoms with Gasteiger partial charge in [-0.2, -0.15) is 0 Å². The van der Waals surface area contributed by atoms with Crippen molar-refractivity contribution in [2.75, 3.05) is 5.75 Å². The van der Waals surface area contributed by atoms with Crippen molar-refractivity contribution in [1.82, 2.24) is 10.6 Å². The zero-order valence-electron chi connectivity index (χ0n) is 15.0. The summed E-state index contributed by atoms with van der Waals surface area (Å²) in [4.78, 5) is 25.4. The highest BCUT2D eigenvalue weighted by molar-refractivity contribution is 7.99. The first-order valence-electron chi connectivity index (χ1n) is 8.25. The predicted molar refractivity (Wildman–Crippen MR) is 98.1 cm³/mol. The number of ether oxygens (including phenoxy) is 1. The van der Waals surface area contributed by atoms with Gasteiger partial charge >= 0.3 is 6.09 Å². The second-order valence-corrected chi connectivity index (χ2v) is 7.45. The first kappa shape index (κ1) is 20.4. The Kier molecular flexibility index (Phi) is 8.68. The fourth-order valence-corrected chi connectivity index (χ4v) is 2.90. The topological polar surface area (TPSA) is 67.4 Å². The van der Waals surface area contributed by atoms with Gasteiger partial charge in [0.1, 0.15) is 6.04 Å². The molecule has 0 fully saturated rings. The number of alkyl carbamates (subject to hydrolysis) is 1. The monoisotopic (exact) mass is 352 g/mol. The third-order valence-electron chi connectivity index (χ3n) is 3.20. The Balaban J connectivity index is 2.50. The third-order valence-corrected chi connectivity index (χ3v) is 4.47. The van der Waals surface area contributed by atoms with Crippen LogP contribution in [0.1, 0.15) is 34.6 Å². The van der Waals surface area contributed by atoms with E-state index in [4.69, 9.17) is 4.74 Å². The molecule has 0 radical (unpaired) electrons. The number of carbonyl (C=O) groups excluding carboxylic acids is 2. The van der Waals surface area contributed by atoms with Crippen molar-refractivity contribution in [2.45, 2.75) is 57.7 Å². The standard InChI is InChI=1S/C18H28N2O3S/c1-12(2)16(20-18(22)23-13(3)4)17(21)19-14(5)11-24-15-9-7-6-8-10-15/h6-10,12-14,16H,11H2,1-5H3,(H,19,21)(H,20,22). The molecule has 1 rings (SSSR count). The number of nitrogens with one attached hydrogen (secondary N) is 2. The van der Waals surface area contributed by atoms with Gasteiger partial charge in [-0.05, 0) is 38.8 Å². The van der Waals surface area contributed by atoms with Gasteiger partial charge in [-0.3, -0.25) is 4.79 Å². The van der Waals surface area contributed by atoms with E-state index in [-0.39, 0.29) is 24.0 Å². The van der Waals surface area contributed by atoms with Crippen molar-refractivity contribution >= 4 is 23.8 Å². The minimum absolute atomic E-state index is 0.00752. The van der Waals surface area contributed by atoms with E-state index < -0.39 is 12.1 Å². The Morgan fingerprint density at radius 2 is 1.67 bits per heavy atom. The van der Waals surface area contributed by atoms with Gasteiger partial charge < -0.3 is 15.4 Å². The Morgan fingerprint density at radius 1 is 1.04 bits per heavy atom. The molecule has 0 bridgehead atoms. The normalized spacial score (nSPS) is 13.5. The average molecular weight is 353 g/mol. The largest absolute Gasteiger partial charge is 0.447 e. The van der Waals surface area contributed by atoms with Crippen LogP contribution in [-0.2, 0) is 9.53 Å². The third kappa shape index (κ3) is 7.73. The molecule has 5 nitrogen and oxygen atoms in total. The minimum Gasteiger partial charge on any atom is -0.447 e. The fourth-order valence-electron chi connectivity index (χ4n) is 2.02. The lowest BCUT2D eigenvalue weighted by molar-refractivity contribution is -0.124. The molecule has 0 heterocycles. The highest BCUT2D eigenvalue weighted by atomic mass is 32.2. The Morgan fingerprint density at radius 3 is 2.21 bits per heavy atom.